The highest BCUT2D eigenvalue weighted by Crippen LogP contribution is 2.15. The zero-order chi connectivity index (χ0) is 9.14. The van der Waals surface area contributed by atoms with Crippen molar-refractivity contribution in [2.75, 3.05) is 0 Å². The Balaban J connectivity index is 3.10. The number of hydrogen-bond acceptors (Lipinski definition) is 1. The van der Waals surface area contributed by atoms with Crippen molar-refractivity contribution in [3.63, 3.8) is 0 Å². The number of rotatable bonds is 3. The maximum Gasteiger partial charge on any atom is 0.164 e. The second-order valence-electron chi connectivity index (χ2n) is 2.96. The standard InChI is InChI=1S/C10H15NO/c1-4-8-10(9(12)5-2)7(3)6-11-8/h6,11H,4-5H2,1-3H3. The average molecular weight is 165 g/mol. The SMILES string of the molecule is CCC(=O)c1c(C)c[nH]c1CC. The van der Waals surface area contributed by atoms with Crippen molar-refractivity contribution >= 4 is 5.78 Å². The summed E-state index contributed by atoms with van der Waals surface area (Å²) in [4.78, 5) is 14.6. The summed E-state index contributed by atoms with van der Waals surface area (Å²) >= 11 is 0. The maximum absolute atomic E-state index is 11.5. The lowest BCUT2D eigenvalue weighted by Gasteiger charge is -1.99. The Morgan fingerprint density at radius 3 is 2.67 bits per heavy atom. The van der Waals surface area contributed by atoms with Crippen molar-refractivity contribution in [3.05, 3.63) is 23.0 Å². The molecule has 0 bridgehead atoms. The van der Waals surface area contributed by atoms with E-state index in [0.717, 1.165) is 23.2 Å². The van der Waals surface area contributed by atoms with Gasteiger partial charge in [0.15, 0.2) is 5.78 Å². The van der Waals surface area contributed by atoms with Crippen molar-refractivity contribution in [1.29, 1.82) is 0 Å². The molecule has 1 rings (SSSR count). The van der Waals surface area contributed by atoms with Gasteiger partial charge in [-0.1, -0.05) is 13.8 Å². The highest BCUT2D eigenvalue weighted by atomic mass is 16.1. The van der Waals surface area contributed by atoms with E-state index in [4.69, 9.17) is 0 Å². The number of Topliss-reactive ketones (excluding diaryl/α,β-unsaturated/α-hetero) is 1. The van der Waals surface area contributed by atoms with Crippen molar-refractivity contribution in [2.24, 2.45) is 0 Å². The largest absolute Gasteiger partial charge is 0.364 e. The normalized spacial score (nSPS) is 10.2. The summed E-state index contributed by atoms with van der Waals surface area (Å²) in [5.41, 5.74) is 3.04. The van der Waals surface area contributed by atoms with Crippen LogP contribution in [0, 0.1) is 6.92 Å². The number of nitrogens with one attached hydrogen (secondary N) is 1. The summed E-state index contributed by atoms with van der Waals surface area (Å²) in [5, 5.41) is 0. The van der Waals surface area contributed by atoms with Crippen molar-refractivity contribution < 1.29 is 4.79 Å². The first kappa shape index (κ1) is 9.04. The van der Waals surface area contributed by atoms with Crippen LogP contribution >= 0.6 is 0 Å². The molecule has 1 heterocycles. The summed E-state index contributed by atoms with van der Waals surface area (Å²) in [6, 6.07) is 0. The van der Waals surface area contributed by atoms with Gasteiger partial charge in [-0.05, 0) is 18.9 Å². The van der Waals surface area contributed by atoms with Gasteiger partial charge in [-0.2, -0.15) is 0 Å². The third-order valence-electron chi connectivity index (χ3n) is 2.11. The van der Waals surface area contributed by atoms with Gasteiger partial charge in [0.25, 0.3) is 0 Å². The monoisotopic (exact) mass is 165 g/mol. The minimum atomic E-state index is 0.241. The van der Waals surface area contributed by atoms with Crippen LogP contribution in [0.25, 0.3) is 0 Å². The second kappa shape index (κ2) is 3.57. The minimum Gasteiger partial charge on any atom is -0.364 e. The van der Waals surface area contributed by atoms with Gasteiger partial charge in [-0.3, -0.25) is 4.79 Å². The fourth-order valence-electron chi connectivity index (χ4n) is 1.42. The molecule has 0 aliphatic heterocycles. The van der Waals surface area contributed by atoms with Crippen LogP contribution in [0.2, 0.25) is 0 Å². The number of aromatic amines is 1. The lowest BCUT2D eigenvalue weighted by Crippen LogP contribution is -2.00. The Morgan fingerprint density at radius 2 is 2.17 bits per heavy atom. The Bertz CT molecular complexity index is 286. The summed E-state index contributed by atoms with van der Waals surface area (Å²) < 4.78 is 0. The number of ketones is 1. The first-order chi connectivity index (χ1) is 5.70. The molecule has 0 unspecified atom stereocenters. The van der Waals surface area contributed by atoms with Crippen LogP contribution in [0.3, 0.4) is 0 Å². The van der Waals surface area contributed by atoms with Crippen LogP contribution < -0.4 is 0 Å². The predicted octanol–water partition coefficient (Wildman–Crippen LogP) is 2.48. The van der Waals surface area contributed by atoms with Gasteiger partial charge in [0.1, 0.15) is 0 Å². The Hall–Kier alpha value is -1.05. The van der Waals surface area contributed by atoms with E-state index in [0.29, 0.717) is 6.42 Å². The van der Waals surface area contributed by atoms with Gasteiger partial charge < -0.3 is 4.98 Å². The fourth-order valence-corrected chi connectivity index (χ4v) is 1.42. The van der Waals surface area contributed by atoms with E-state index in [1.54, 1.807) is 0 Å². The van der Waals surface area contributed by atoms with Crippen LogP contribution in [-0.2, 0) is 6.42 Å². The van der Waals surface area contributed by atoms with Crippen LogP contribution in [-0.4, -0.2) is 10.8 Å². The highest BCUT2D eigenvalue weighted by Gasteiger charge is 2.12. The number of aryl methyl sites for hydroxylation is 2. The van der Waals surface area contributed by atoms with Crippen LogP contribution in [0.1, 0.15) is 41.9 Å². The summed E-state index contributed by atoms with van der Waals surface area (Å²) in [6.07, 6.45) is 3.39. The molecule has 0 atom stereocenters. The maximum atomic E-state index is 11.5. The number of aromatic nitrogens is 1. The van der Waals surface area contributed by atoms with E-state index >= 15 is 0 Å². The van der Waals surface area contributed by atoms with Gasteiger partial charge in [-0.15, -0.1) is 0 Å². The molecule has 0 radical (unpaired) electrons. The number of carbonyl (C=O) groups excluding carboxylic acids is 1. The molecular weight excluding hydrogens is 150 g/mol. The van der Waals surface area contributed by atoms with E-state index in [2.05, 4.69) is 11.9 Å². The molecular formula is C10H15NO. The second-order valence-corrected chi connectivity index (χ2v) is 2.96. The molecule has 1 aromatic rings. The molecule has 0 saturated heterocycles. The quantitative estimate of drug-likeness (QED) is 0.686. The molecule has 0 saturated carbocycles. The first-order valence-electron chi connectivity index (χ1n) is 4.40. The Morgan fingerprint density at radius 1 is 1.50 bits per heavy atom. The molecule has 12 heavy (non-hydrogen) atoms. The summed E-state index contributed by atoms with van der Waals surface area (Å²) in [6.45, 7) is 5.92. The summed E-state index contributed by atoms with van der Waals surface area (Å²) in [5.74, 6) is 0.241. The smallest absolute Gasteiger partial charge is 0.164 e. The van der Waals surface area contributed by atoms with Crippen molar-refractivity contribution in [1.82, 2.24) is 4.98 Å². The molecule has 2 heteroatoms. The third kappa shape index (κ3) is 1.42. The van der Waals surface area contributed by atoms with E-state index < -0.39 is 0 Å². The molecule has 0 amide bonds. The van der Waals surface area contributed by atoms with Crippen molar-refractivity contribution in [2.45, 2.75) is 33.6 Å². The first-order valence-corrected chi connectivity index (χ1v) is 4.40. The zero-order valence-corrected chi connectivity index (χ0v) is 7.90. The third-order valence-corrected chi connectivity index (χ3v) is 2.11. The van der Waals surface area contributed by atoms with Gasteiger partial charge in [-0.25, -0.2) is 0 Å². The number of H-pyrrole nitrogens is 1. The topological polar surface area (TPSA) is 32.9 Å². The molecule has 0 aliphatic rings. The summed E-state index contributed by atoms with van der Waals surface area (Å²) in [7, 11) is 0. The van der Waals surface area contributed by atoms with Gasteiger partial charge in [0.05, 0.1) is 0 Å². The van der Waals surface area contributed by atoms with Crippen LogP contribution in [0.15, 0.2) is 6.20 Å². The van der Waals surface area contributed by atoms with E-state index in [1.165, 1.54) is 0 Å². The van der Waals surface area contributed by atoms with Gasteiger partial charge in [0, 0.05) is 23.9 Å². The minimum absolute atomic E-state index is 0.241. The molecule has 1 N–H and O–H groups in total. The van der Waals surface area contributed by atoms with E-state index in [1.807, 2.05) is 20.0 Å². The highest BCUT2D eigenvalue weighted by molar-refractivity contribution is 5.98. The lowest BCUT2D eigenvalue weighted by atomic mass is 10.0. The predicted molar refractivity (Wildman–Crippen MR) is 49.5 cm³/mol. The lowest BCUT2D eigenvalue weighted by molar-refractivity contribution is 0.0987. The molecule has 0 spiro atoms. The van der Waals surface area contributed by atoms with Gasteiger partial charge in [0.2, 0.25) is 0 Å². The van der Waals surface area contributed by atoms with Crippen molar-refractivity contribution in [3.8, 4) is 0 Å². The zero-order valence-electron chi connectivity index (χ0n) is 7.90. The average Bonchev–Trinajstić information content (AvgIpc) is 2.45. The molecule has 66 valence electrons. The van der Waals surface area contributed by atoms with E-state index in [9.17, 15) is 4.79 Å². The Kier molecular flexibility index (Phi) is 2.69. The number of carbonyl (C=O) groups is 1. The Labute approximate surface area is 73.0 Å². The van der Waals surface area contributed by atoms with Crippen LogP contribution in [0.4, 0.5) is 0 Å². The van der Waals surface area contributed by atoms with Crippen LogP contribution in [0.5, 0.6) is 0 Å². The number of hydrogen-bond donors (Lipinski definition) is 1. The molecule has 0 aromatic carbocycles. The van der Waals surface area contributed by atoms with Gasteiger partial charge >= 0.3 is 0 Å². The molecule has 2 nitrogen and oxygen atoms in total. The van der Waals surface area contributed by atoms with E-state index in [-0.39, 0.29) is 5.78 Å². The molecule has 0 fully saturated rings. The molecule has 0 aliphatic carbocycles. The molecule has 1 aromatic heterocycles. The fraction of sp³-hybridized carbons (Fsp3) is 0.500.